The summed E-state index contributed by atoms with van der Waals surface area (Å²) in [5.41, 5.74) is 7.36. The number of hydrogen-bond acceptors (Lipinski definition) is 9. The van der Waals surface area contributed by atoms with Crippen LogP contribution in [-0.4, -0.2) is 37.1 Å². The third kappa shape index (κ3) is 9.13. The Balaban J connectivity index is 0.896. The van der Waals surface area contributed by atoms with Crippen LogP contribution in [0.2, 0.25) is 0 Å². The van der Waals surface area contributed by atoms with Crippen LogP contribution in [0.3, 0.4) is 0 Å². The lowest BCUT2D eigenvalue weighted by molar-refractivity contribution is -0.175. The van der Waals surface area contributed by atoms with Crippen molar-refractivity contribution in [2.24, 2.45) is 4.99 Å². The van der Waals surface area contributed by atoms with E-state index in [0.717, 1.165) is 55.6 Å². The Labute approximate surface area is 428 Å². The molecule has 3 saturated heterocycles. The first-order valence-electron chi connectivity index (χ1n) is 24.9. The van der Waals surface area contributed by atoms with Gasteiger partial charge in [0.15, 0.2) is 22.9 Å². The molecule has 0 radical (unpaired) electrons. The number of rotatable bonds is 12. The second-order valence-corrected chi connectivity index (χ2v) is 20.2. The van der Waals surface area contributed by atoms with E-state index in [4.69, 9.17) is 37.5 Å². The summed E-state index contributed by atoms with van der Waals surface area (Å²) in [4.78, 5) is 5.12. The maximum Gasteiger partial charge on any atom is 0.399 e. The molecule has 0 saturated carbocycles. The summed E-state index contributed by atoms with van der Waals surface area (Å²) < 4.78 is 49.3. The third-order valence-corrected chi connectivity index (χ3v) is 15.3. The van der Waals surface area contributed by atoms with Gasteiger partial charge in [0.05, 0.1) is 11.6 Å². The molecule has 0 amide bonds. The Morgan fingerprint density at radius 1 is 0.534 bits per heavy atom. The zero-order valence-electron chi connectivity index (χ0n) is 40.6. The van der Waals surface area contributed by atoms with Gasteiger partial charge < -0.3 is 28.8 Å². The Morgan fingerprint density at radius 2 is 1.03 bits per heavy atom. The highest BCUT2D eigenvalue weighted by Crippen LogP contribution is 2.65. The van der Waals surface area contributed by atoms with E-state index in [9.17, 15) is 0 Å². The minimum atomic E-state index is -2.23. The first-order valence-corrected chi connectivity index (χ1v) is 26.0. The summed E-state index contributed by atoms with van der Waals surface area (Å²) in [5, 5.41) is 3.66. The minimum absolute atomic E-state index is 0.00931. The zero-order valence-corrected chi connectivity index (χ0v) is 41.5. The number of hydrogen-bond donors (Lipinski definition) is 1. The van der Waals surface area contributed by atoms with E-state index in [2.05, 4.69) is 127 Å². The van der Waals surface area contributed by atoms with Gasteiger partial charge in [0.25, 0.3) is 0 Å². The Hall–Kier alpha value is -7.36. The van der Waals surface area contributed by atoms with Crippen LogP contribution >= 0.6 is 8.60 Å². The van der Waals surface area contributed by atoms with E-state index in [1.165, 1.54) is 0 Å². The molecule has 0 unspecified atom stereocenters. The molecule has 8 aromatic rings. The topological polar surface area (TPSA) is 89.0 Å². The molecule has 9 nitrogen and oxygen atoms in total. The van der Waals surface area contributed by atoms with Crippen LogP contribution in [0.25, 0.3) is 11.1 Å². The van der Waals surface area contributed by atoms with Crippen LogP contribution in [0.15, 0.2) is 247 Å². The molecule has 4 aliphatic rings. The van der Waals surface area contributed by atoms with Crippen molar-refractivity contribution in [1.29, 1.82) is 0 Å². The highest BCUT2D eigenvalue weighted by atomic mass is 31.2. The van der Waals surface area contributed by atoms with Crippen molar-refractivity contribution in [3.8, 4) is 16.9 Å². The summed E-state index contributed by atoms with van der Waals surface area (Å²) in [6, 6.07) is 78.2. The van der Waals surface area contributed by atoms with Crippen molar-refractivity contribution >= 4 is 14.5 Å². The fourth-order valence-corrected chi connectivity index (χ4v) is 12.1. The summed E-state index contributed by atoms with van der Waals surface area (Å²) in [7, 11) is -2.23. The number of fused-ring (bicyclic) bond motifs is 1. The monoisotopic (exact) mass is 982 g/mol. The van der Waals surface area contributed by atoms with E-state index in [0.29, 0.717) is 37.2 Å². The maximum absolute atomic E-state index is 7.57. The van der Waals surface area contributed by atoms with E-state index in [1.807, 2.05) is 123 Å². The normalized spacial score (nSPS) is 22.4. The summed E-state index contributed by atoms with van der Waals surface area (Å²) in [6.07, 6.45) is -0.887. The van der Waals surface area contributed by atoms with Crippen molar-refractivity contribution in [2.45, 2.75) is 61.5 Å². The highest BCUT2D eigenvalue weighted by Gasteiger charge is 2.67. The molecule has 4 atom stereocenters. The van der Waals surface area contributed by atoms with E-state index in [-0.39, 0.29) is 12.1 Å². The Kier molecular flexibility index (Phi) is 12.7. The lowest BCUT2D eigenvalue weighted by atomic mass is 9.72. The third-order valence-electron chi connectivity index (χ3n) is 14.1. The standard InChI is InChI=1S/C63H55N2O7P/c1-61(2)68-57-58(69-61)63(51-32-17-7-18-33-51,52-34-19-8-20-35-52)72-73(71-62(57,49-28-13-5-14-29-49)50-30-15-6-16-31-50)70-53-38-36-45(37-39-53)48-27-21-22-44(40-48)41-54(59-64-55(42-66-59)46-23-9-3-10-24-46)60-65-56(43-67-60)47-25-11-4-12-26-47/h3-40,55-58,64H,41-43H2,1-2H3/b59-54+/t55-,56-,57+,58+/m0/s1. The van der Waals surface area contributed by atoms with Gasteiger partial charge in [0.1, 0.15) is 37.2 Å². The summed E-state index contributed by atoms with van der Waals surface area (Å²) in [6.45, 7) is 4.88. The molecule has 0 spiro atoms. The van der Waals surface area contributed by atoms with E-state index >= 15 is 0 Å². The summed E-state index contributed by atoms with van der Waals surface area (Å²) >= 11 is 0. The predicted octanol–water partition coefficient (Wildman–Crippen LogP) is 13.7. The molecule has 8 aromatic carbocycles. The average Bonchev–Trinajstić information content (AvgIpc) is 4.22. The number of nitrogens with zero attached hydrogens (tertiary/aromatic N) is 1. The van der Waals surface area contributed by atoms with Gasteiger partial charge in [0, 0.05) is 6.42 Å². The fourth-order valence-electron chi connectivity index (χ4n) is 10.6. The number of nitrogens with one attached hydrogen (secondary N) is 1. The molecule has 10 heteroatoms. The van der Waals surface area contributed by atoms with E-state index < -0.39 is 37.8 Å². The van der Waals surface area contributed by atoms with Crippen LogP contribution in [0.1, 0.15) is 64.9 Å². The molecule has 0 aliphatic carbocycles. The molecule has 4 aliphatic heterocycles. The van der Waals surface area contributed by atoms with Gasteiger partial charge in [-0.2, -0.15) is 0 Å². The molecular formula is C63H55N2O7P. The van der Waals surface area contributed by atoms with Crippen LogP contribution in [0.5, 0.6) is 5.75 Å². The molecule has 0 aromatic heterocycles. The highest BCUT2D eigenvalue weighted by molar-refractivity contribution is 7.42. The second-order valence-electron chi connectivity index (χ2n) is 19.2. The SMILES string of the molecule is CC1(C)O[C@@H]2[C@@H](O1)C(c1ccccc1)(c1ccccc1)OP(Oc1ccc(-c3cccc(C/C(C4=N[C@H](c5ccccc5)CO4)=C4/N[C@H](c5ccccc5)CO4)c3)cc1)OC2(c1ccccc1)c1ccccc1. The fraction of sp³-hybridized carbons (Fsp3) is 0.190. The van der Waals surface area contributed by atoms with Gasteiger partial charge >= 0.3 is 8.60 Å². The van der Waals surface area contributed by atoms with Crippen LogP contribution in [0.4, 0.5) is 0 Å². The molecular weight excluding hydrogens is 928 g/mol. The van der Waals surface area contributed by atoms with Crippen molar-refractivity contribution in [3.05, 3.63) is 281 Å². The van der Waals surface area contributed by atoms with Crippen LogP contribution in [0, 0.1) is 0 Å². The van der Waals surface area contributed by atoms with Gasteiger partial charge in [-0.1, -0.05) is 218 Å². The quantitative estimate of drug-likeness (QED) is 0.121. The van der Waals surface area contributed by atoms with Crippen molar-refractivity contribution in [3.63, 3.8) is 0 Å². The molecule has 3 fully saturated rings. The summed E-state index contributed by atoms with van der Waals surface area (Å²) in [5.74, 6) is 0.864. The van der Waals surface area contributed by atoms with Crippen molar-refractivity contribution in [1.82, 2.24) is 5.32 Å². The van der Waals surface area contributed by atoms with Crippen molar-refractivity contribution < 1.29 is 32.5 Å². The maximum atomic E-state index is 7.57. The van der Waals surface area contributed by atoms with Gasteiger partial charge in [-0.15, -0.1) is 0 Å². The van der Waals surface area contributed by atoms with Crippen molar-refractivity contribution in [2.75, 3.05) is 13.2 Å². The first-order chi connectivity index (χ1) is 35.8. The first kappa shape index (κ1) is 46.7. The van der Waals surface area contributed by atoms with Gasteiger partial charge in [0.2, 0.25) is 5.90 Å². The van der Waals surface area contributed by atoms with Gasteiger partial charge in [-0.05, 0) is 76.1 Å². The second kappa shape index (κ2) is 19.9. The minimum Gasteiger partial charge on any atom is -0.476 e. The van der Waals surface area contributed by atoms with Gasteiger partial charge in [-0.3, -0.25) is 9.05 Å². The number of benzene rings is 8. The molecule has 4 heterocycles. The average molecular weight is 983 g/mol. The van der Waals surface area contributed by atoms with Gasteiger partial charge in [-0.25, -0.2) is 4.99 Å². The lowest BCUT2D eigenvalue weighted by Crippen LogP contribution is -2.53. The molecule has 73 heavy (non-hydrogen) atoms. The van der Waals surface area contributed by atoms with Crippen LogP contribution in [-0.2, 0) is 45.6 Å². The Bertz CT molecular complexity index is 3030. The lowest BCUT2D eigenvalue weighted by Gasteiger charge is -2.41. The molecule has 1 N–H and O–H groups in total. The molecule has 364 valence electrons. The van der Waals surface area contributed by atoms with E-state index in [1.54, 1.807) is 0 Å². The zero-order chi connectivity index (χ0) is 49.2. The van der Waals surface area contributed by atoms with Crippen LogP contribution < -0.4 is 9.84 Å². The molecule has 12 rings (SSSR count). The Morgan fingerprint density at radius 3 is 1.55 bits per heavy atom. The number of ether oxygens (including phenoxy) is 4. The number of aliphatic imine (C=N–C) groups is 1. The molecule has 0 bridgehead atoms. The smallest absolute Gasteiger partial charge is 0.399 e. The largest absolute Gasteiger partial charge is 0.476 e. The predicted molar refractivity (Wildman–Crippen MR) is 284 cm³/mol.